The molecule has 1 aromatic rings. The van der Waals surface area contributed by atoms with Gasteiger partial charge in [-0.3, -0.25) is 0 Å². The average molecular weight is 259 g/mol. The maximum Gasteiger partial charge on any atom is 0.328 e. The molecule has 8 heteroatoms. The third-order valence-corrected chi connectivity index (χ3v) is 2.79. The van der Waals surface area contributed by atoms with Crippen LogP contribution < -0.4 is 10.6 Å². The van der Waals surface area contributed by atoms with E-state index in [9.17, 15) is 9.59 Å². The molecule has 7 nitrogen and oxygen atoms in total. The topological polar surface area (TPSA) is 112 Å². The van der Waals surface area contributed by atoms with Crippen LogP contribution >= 0.6 is 11.3 Å². The Bertz CT molecular complexity index is 407. The van der Waals surface area contributed by atoms with E-state index in [4.69, 9.17) is 10.2 Å². The average Bonchev–Trinajstić information content (AvgIpc) is 2.68. The first-order chi connectivity index (χ1) is 8.02. The van der Waals surface area contributed by atoms with Gasteiger partial charge in [-0.05, 0) is 6.92 Å². The van der Waals surface area contributed by atoms with Crippen LogP contribution in [0.3, 0.4) is 0 Å². The van der Waals surface area contributed by atoms with Gasteiger partial charge >= 0.3 is 12.0 Å². The number of hydrogen-bond acceptors (Lipinski definition) is 5. The minimum atomic E-state index is -1.29. The van der Waals surface area contributed by atoms with Crippen LogP contribution in [0.1, 0.15) is 9.88 Å². The number of nitrogens with one attached hydrogen (secondary N) is 2. The van der Waals surface area contributed by atoms with Crippen molar-refractivity contribution in [2.45, 2.75) is 19.5 Å². The number of thiazole rings is 1. The molecule has 0 saturated heterocycles. The fraction of sp³-hybridized carbons (Fsp3) is 0.444. The summed E-state index contributed by atoms with van der Waals surface area (Å²) in [5, 5.41) is 22.8. The summed E-state index contributed by atoms with van der Waals surface area (Å²) in [5.41, 5.74) is 0. The predicted molar refractivity (Wildman–Crippen MR) is 60.7 cm³/mol. The smallest absolute Gasteiger partial charge is 0.328 e. The second-order valence-electron chi connectivity index (χ2n) is 3.25. The van der Waals surface area contributed by atoms with Crippen LogP contribution in [0, 0.1) is 6.92 Å². The molecule has 1 rings (SSSR count). The number of carboxylic acid groups (broad SMARTS) is 1. The van der Waals surface area contributed by atoms with E-state index in [1.165, 1.54) is 11.3 Å². The maximum atomic E-state index is 11.3. The highest BCUT2D eigenvalue weighted by Gasteiger charge is 2.18. The van der Waals surface area contributed by atoms with Crippen molar-refractivity contribution in [3.05, 3.63) is 16.1 Å². The van der Waals surface area contributed by atoms with Gasteiger partial charge in [0, 0.05) is 11.1 Å². The zero-order chi connectivity index (χ0) is 12.8. The molecule has 4 N–H and O–H groups in total. The summed E-state index contributed by atoms with van der Waals surface area (Å²) in [6.07, 6.45) is 1.64. The van der Waals surface area contributed by atoms with Gasteiger partial charge < -0.3 is 20.8 Å². The third kappa shape index (κ3) is 4.37. The van der Waals surface area contributed by atoms with Gasteiger partial charge in [0.2, 0.25) is 0 Å². The van der Waals surface area contributed by atoms with Gasteiger partial charge in [0.1, 0.15) is 0 Å². The van der Waals surface area contributed by atoms with Crippen molar-refractivity contribution in [1.29, 1.82) is 0 Å². The fourth-order valence-electron chi connectivity index (χ4n) is 1.05. The Hall–Kier alpha value is -1.67. The van der Waals surface area contributed by atoms with Crippen molar-refractivity contribution < 1.29 is 19.8 Å². The van der Waals surface area contributed by atoms with Crippen LogP contribution in [0.5, 0.6) is 0 Å². The molecule has 1 atom stereocenters. The molecule has 0 fully saturated rings. The number of carboxylic acids is 1. The highest BCUT2D eigenvalue weighted by Crippen LogP contribution is 2.10. The number of aliphatic hydroxyl groups excluding tert-OH is 1. The van der Waals surface area contributed by atoms with E-state index in [-0.39, 0.29) is 6.54 Å². The molecule has 0 bridgehead atoms. The summed E-state index contributed by atoms with van der Waals surface area (Å²) >= 11 is 1.44. The van der Waals surface area contributed by atoms with E-state index < -0.39 is 24.6 Å². The highest BCUT2D eigenvalue weighted by molar-refractivity contribution is 7.11. The van der Waals surface area contributed by atoms with Crippen molar-refractivity contribution in [3.63, 3.8) is 0 Å². The van der Waals surface area contributed by atoms with Gasteiger partial charge in [-0.2, -0.15) is 0 Å². The number of hydrogen-bond donors (Lipinski definition) is 4. The van der Waals surface area contributed by atoms with E-state index in [0.29, 0.717) is 0 Å². The lowest BCUT2D eigenvalue weighted by Crippen LogP contribution is -2.47. The lowest BCUT2D eigenvalue weighted by molar-refractivity contribution is -0.140. The number of amides is 2. The molecule has 0 aromatic carbocycles. The van der Waals surface area contributed by atoms with Crippen LogP contribution in [-0.4, -0.2) is 39.8 Å². The predicted octanol–water partition coefficient (Wildman–Crippen LogP) is -0.304. The Morgan fingerprint density at radius 1 is 1.59 bits per heavy atom. The van der Waals surface area contributed by atoms with Crippen LogP contribution in [0.4, 0.5) is 4.79 Å². The Balaban J connectivity index is 2.37. The number of nitrogens with zero attached hydrogens (tertiary/aromatic N) is 1. The quantitative estimate of drug-likeness (QED) is 0.580. The zero-order valence-electron chi connectivity index (χ0n) is 9.14. The monoisotopic (exact) mass is 259 g/mol. The Labute approximate surface area is 101 Å². The Morgan fingerprint density at radius 3 is 2.76 bits per heavy atom. The first-order valence-corrected chi connectivity index (χ1v) is 5.64. The lowest BCUT2D eigenvalue weighted by Gasteiger charge is -2.11. The second-order valence-corrected chi connectivity index (χ2v) is 4.57. The van der Waals surface area contributed by atoms with Crippen molar-refractivity contribution >= 4 is 23.3 Å². The van der Waals surface area contributed by atoms with Crippen LogP contribution in [0.25, 0.3) is 0 Å². The summed E-state index contributed by atoms with van der Waals surface area (Å²) in [6.45, 7) is 1.47. The van der Waals surface area contributed by atoms with E-state index in [0.717, 1.165) is 9.88 Å². The van der Waals surface area contributed by atoms with Gasteiger partial charge in [0.25, 0.3) is 0 Å². The number of aromatic nitrogens is 1. The van der Waals surface area contributed by atoms with Gasteiger partial charge in [0.15, 0.2) is 6.04 Å². The van der Waals surface area contributed by atoms with Crippen molar-refractivity contribution in [1.82, 2.24) is 15.6 Å². The molecule has 1 aromatic heterocycles. The molecular formula is C9H13N3O4S. The standard InChI is InChI=1S/C9H13N3O4S/c1-5-10-2-6(17-5)3-11-9(16)12-7(4-13)8(14)15/h2,7,13H,3-4H2,1H3,(H,14,15)(H2,11,12,16)/t7-/m0/s1. The van der Waals surface area contributed by atoms with Crippen molar-refractivity contribution in [2.75, 3.05) is 6.61 Å². The van der Waals surface area contributed by atoms with E-state index >= 15 is 0 Å². The van der Waals surface area contributed by atoms with Crippen LogP contribution in [0.2, 0.25) is 0 Å². The summed E-state index contributed by atoms with van der Waals surface area (Å²) in [7, 11) is 0. The molecule has 0 spiro atoms. The number of aryl methyl sites for hydroxylation is 1. The van der Waals surface area contributed by atoms with Crippen LogP contribution in [0.15, 0.2) is 6.20 Å². The number of aliphatic carboxylic acids is 1. The number of urea groups is 1. The van der Waals surface area contributed by atoms with E-state index in [1.54, 1.807) is 6.20 Å². The number of carbonyl (C=O) groups excluding carboxylic acids is 1. The summed E-state index contributed by atoms with van der Waals surface area (Å²) in [5.74, 6) is -1.28. The molecule has 1 heterocycles. The molecule has 0 saturated carbocycles. The van der Waals surface area contributed by atoms with Gasteiger partial charge in [-0.25, -0.2) is 14.6 Å². The largest absolute Gasteiger partial charge is 0.480 e. The van der Waals surface area contributed by atoms with Crippen molar-refractivity contribution in [3.8, 4) is 0 Å². The van der Waals surface area contributed by atoms with Crippen molar-refractivity contribution in [2.24, 2.45) is 0 Å². The first kappa shape index (κ1) is 13.4. The molecule has 0 unspecified atom stereocenters. The molecule has 0 aliphatic rings. The summed E-state index contributed by atoms with van der Waals surface area (Å²) in [4.78, 5) is 26.7. The van der Waals surface area contributed by atoms with E-state index in [2.05, 4.69) is 15.6 Å². The molecule has 0 radical (unpaired) electrons. The number of aliphatic hydroxyl groups is 1. The molecule has 94 valence electrons. The number of rotatable bonds is 5. The fourth-order valence-corrected chi connectivity index (χ4v) is 1.78. The Morgan fingerprint density at radius 2 is 2.29 bits per heavy atom. The lowest BCUT2D eigenvalue weighted by atomic mass is 10.3. The number of carbonyl (C=O) groups is 2. The SMILES string of the molecule is Cc1ncc(CNC(=O)N[C@@H](CO)C(=O)O)s1. The molecule has 0 aliphatic heterocycles. The maximum absolute atomic E-state index is 11.3. The third-order valence-electron chi connectivity index (χ3n) is 1.88. The molecule has 17 heavy (non-hydrogen) atoms. The van der Waals surface area contributed by atoms with Gasteiger partial charge in [0.05, 0.1) is 18.2 Å². The minimum absolute atomic E-state index is 0.273. The van der Waals surface area contributed by atoms with E-state index in [1.807, 2.05) is 6.92 Å². The zero-order valence-corrected chi connectivity index (χ0v) is 9.95. The first-order valence-electron chi connectivity index (χ1n) is 4.82. The molecule has 0 aliphatic carbocycles. The summed E-state index contributed by atoms with van der Waals surface area (Å²) < 4.78 is 0. The van der Waals surface area contributed by atoms with Crippen LogP contribution in [-0.2, 0) is 11.3 Å². The summed E-state index contributed by atoms with van der Waals surface area (Å²) in [6, 6.07) is -1.93. The molecular weight excluding hydrogens is 246 g/mol. The van der Waals surface area contributed by atoms with Gasteiger partial charge in [-0.15, -0.1) is 11.3 Å². The van der Waals surface area contributed by atoms with Gasteiger partial charge in [-0.1, -0.05) is 0 Å². The second kappa shape index (κ2) is 6.16. The minimum Gasteiger partial charge on any atom is -0.480 e. The Kier molecular flexibility index (Phi) is 4.85. The normalized spacial score (nSPS) is 11.9. The highest BCUT2D eigenvalue weighted by atomic mass is 32.1. The molecule has 2 amide bonds.